The van der Waals surface area contributed by atoms with Crippen LogP contribution in [0.1, 0.15) is 52.4 Å². The van der Waals surface area contributed by atoms with Crippen LogP contribution in [0.3, 0.4) is 0 Å². The number of halogens is 6. The predicted octanol–water partition coefficient (Wildman–Crippen LogP) is 3.28. The van der Waals surface area contributed by atoms with E-state index in [1.807, 2.05) is 14.0 Å². The minimum Gasteiger partial charge on any atom is -0.339 e. The summed E-state index contributed by atoms with van der Waals surface area (Å²) in [5.74, 6) is -8.27. The molecule has 0 aromatic carbocycles. The number of piperazine rings is 1. The Hall–Kier alpha value is -1.15. The summed E-state index contributed by atoms with van der Waals surface area (Å²) in [6.45, 7) is 5.25. The molecule has 230 valence electrons. The first-order valence-corrected chi connectivity index (χ1v) is 14.7. The number of carbonyl (C=O) groups is 1. The van der Waals surface area contributed by atoms with E-state index in [1.54, 1.807) is 0 Å². The minimum atomic E-state index is -4.43. The molecule has 0 aromatic rings. The molecule has 5 fully saturated rings. The molecule has 3 aliphatic heterocycles. The van der Waals surface area contributed by atoms with Gasteiger partial charge in [-0.15, -0.1) is 0 Å². The van der Waals surface area contributed by atoms with E-state index in [0.29, 0.717) is 25.8 Å². The van der Waals surface area contributed by atoms with Crippen molar-refractivity contribution in [1.29, 1.82) is 0 Å². The first kappa shape index (κ1) is 30.3. The first-order chi connectivity index (χ1) is 18.6. The van der Waals surface area contributed by atoms with Crippen molar-refractivity contribution in [3.8, 4) is 0 Å². The second kappa shape index (κ2) is 10.8. The van der Waals surface area contributed by atoms with E-state index >= 15 is 13.2 Å². The number of likely N-dealkylation sites (tertiary alicyclic amines) is 1. The quantitative estimate of drug-likeness (QED) is 0.486. The molecule has 0 radical (unpaired) electrons. The third-order valence-electron chi connectivity index (χ3n) is 10.7. The minimum absolute atomic E-state index is 0.0211. The van der Waals surface area contributed by atoms with Gasteiger partial charge in [0.1, 0.15) is 6.17 Å². The number of hydrogen-bond acceptors (Lipinski definition) is 6. The number of carbonyl (C=O) groups excluding carboxylic acids is 1. The molecule has 40 heavy (non-hydrogen) atoms. The molecule has 0 bridgehead atoms. The van der Waals surface area contributed by atoms with Gasteiger partial charge in [0.15, 0.2) is 5.67 Å². The summed E-state index contributed by atoms with van der Waals surface area (Å²) < 4.78 is 90.2. The van der Waals surface area contributed by atoms with E-state index in [9.17, 15) is 18.0 Å². The smallest absolute Gasteiger partial charge is 0.339 e. The highest BCUT2D eigenvalue weighted by atomic mass is 19.4. The average molecular weight is 583 g/mol. The van der Waals surface area contributed by atoms with Crippen LogP contribution in [0.5, 0.6) is 0 Å². The van der Waals surface area contributed by atoms with Gasteiger partial charge in [-0.05, 0) is 66.0 Å². The summed E-state index contributed by atoms with van der Waals surface area (Å²) in [6, 6.07) is -0.782. The van der Waals surface area contributed by atoms with Crippen molar-refractivity contribution >= 4 is 5.91 Å². The first-order valence-electron chi connectivity index (χ1n) is 14.7. The number of hydrogen-bond donors (Lipinski definition) is 2. The lowest BCUT2D eigenvalue weighted by Gasteiger charge is -2.48. The lowest BCUT2D eigenvalue weighted by Crippen LogP contribution is -2.62. The molecule has 2 saturated carbocycles. The molecule has 5 aliphatic rings. The van der Waals surface area contributed by atoms with Crippen LogP contribution in [-0.2, 0) is 4.79 Å². The van der Waals surface area contributed by atoms with E-state index in [1.165, 1.54) is 16.8 Å². The van der Waals surface area contributed by atoms with Crippen molar-refractivity contribution in [2.45, 2.75) is 94.4 Å². The standard InChI is InChI=1S/C27H44F6N6O/c1-16-13-36(3)8-9-38(16)19-11-20-21(22(12-19)27(31,32)33)14-39(23(20)40)18-7-5-6-17(10-18)25(2,28)26(29,30)24-35-34-15-37(24)4/h16-22,24,34-35H,5-15H2,1-4H3/t16-,17?,18?,19?,20?,21?,22?,24?,25+/m0/s1. The van der Waals surface area contributed by atoms with Gasteiger partial charge in [0.2, 0.25) is 5.91 Å². The van der Waals surface area contributed by atoms with Crippen LogP contribution in [0.15, 0.2) is 0 Å². The zero-order valence-electron chi connectivity index (χ0n) is 23.9. The van der Waals surface area contributed by atoms with Crippen LogP contribution in [0.4, 0.5) is 26.3 Å². The number of nitrogens with one attached hydrogen (secondary N) is 2. The highest BCUT2D eigenvalue weighted by molar-refractivity contribution is 5.82. The zero-order valence-corrected chi connectivity index (χ0v) is 23.9. The van der Waals surface area contributed by atoms with E-state index in [0.717, 1.165) is 20.0 Å². The topological polar surface area (TPSA) is 54.1 Å². The highest BCUT2D eigenvalue weighted by Crippen LogP contribution is 2.52. The van der Waals surface area contributed by atoms with Gasteiger partial charge in [0, 0.05) is 56.1 Å². The molecule has 3 saturated heterocycles. The number of fused-ring (bicyclic) bond motifs is 1. The number of alkyl halides is 6. The molecule has 5 rings (SSSR count). The Bertz CT molecular complexity index is 936. The maximum atomic E-state index is 16.1. The van der Waals surface area contributed by atoms with Crippen LogP contribution in [-0.4, -0.2) is 115 Å². The summed E-state index contributed by atoms with van der Waals surface area (Å²) in [5, 5.41) is 0. The SMILES string of the molecule is C[C@H]1CN(C)CCN1C1CC2C(=O)N(C3CCCC([C@@](C)(F)C(F)(F)C4NNCN4C)C3)CC2C(C(F)(F)F)C1. The Balaban J connectivity index is 1.33. The summed E-state index contributed by atoms with van der Waals surface area (Å²) in [5.41, 5.74) is 2.22. The van der Waals surface area contributed by atoms with Crippen LogP contribution >= 0.6 is 0 Å². The Kier molecular flexibility index (Phi) is 8.22. The van der Waals surface area contributed by atoms with Gasteiger partial charge < -0.3 is 9.80 Å². The zero-order chi connectivity index (χ0) is 29.2. The molecule has 2 aliphatic carbocycles. The summed E-state index contributed by atoms with van der Waals surface area (Å²) >= 11 is 0. The Morgan fingerprint density at radius 1 is 0.925 bits per heavy atom. The second-order valence-electron chi connectivity index (χ2n) is 13.2. The molecule has 2 N–H and O–H groups in total. The second-order valence-corrected chi connectivity index (χ2v) is 13.2. The summed E-state index contributed by atoms with van der Waals surface area (Å²) in [7, 11) is 3.47. The number of amides is 1. The number of likely N-dealkylation sites (N-methyl/N-ethyl adjacent to an activating group) is 1. The molecular weight excluding hydrogens is 538 g/mol. The molecule has 7 nitrogen and oxygen atoms in total. The van der Waals surface area contributed by atoms with Crippen molar-refractivity contribution in [1.82, 2.24) is 30.5 Å². The maximum Gasteiger partial charge on any atom is 0.392 e. The molecule has 13 heteroatoms. The molecule has 3 heterocycles. The van der Waals surface area contributed by atoms with Crippen molar-refractivity contribution in [2.24, 2.45) is 23.7 Å². The number of nitrogens with zero attached hydrogens (tertiary/aromatic N) is 4. The summed E-state index contributed by atoms with van der Waals surface area (Å²) in [4.78, 5) is 20.9. The monoisotopic (exact) mass is 582 g/mol. The number of hydrazine groups is 1. The highest BCUT2D eigenvalue weighted by Gasteiger charge is 2.64. The molecule has 0 spiro atoms. The predicted molar refractivity (Wildman–Crippen MR) is 138 cm³/mol. The fourth-order valence-electron chi connectivity index (χ4n) is 8.37. The third kappa shape index (κ3) is 5.26. The van der Waals surface area contributed by atoms with E-state index in [4.69, 9.17) is 0 Å². The lowest BCUT2D eigenvalue weighted by molar-refractivity contribution is -0.206. The van der Waals surface area contributed by atoms with Crippen molar-refractivity contribution in [3.05, 3.63) is 0 Å². The van der Waals surface area contributed by atoms with Crippen LogP contribution < -0.4 is 10.9 Å². The largest absolute Gasteiger partial charge is 0.392 e. The fourth-order valence-corrected chi connectivity index (χ4v) is 8.37. The van der Waals surface area contributed by atoms with Gasteiger partial charge in [-0.25, -0.2) is 15.2 Å². The fraction of sp³-hybridized carbons (Fsp3) is 0.963. The van der Waals surface area contributed by atoms with Gasteiger partial charge in [-0.3, -0.25) is 14.6 Å². The van der Waals surface area contributed by atoms with Gasteiger partial charge in [-0.1, -0.05) is 6.42 Å². The number of rotatable bonds is 5. The van der Waals surface area contributed by atoms with Gasteiger partial charge in [-0.2, -0.15) is 22.0 Å². The van der Waals surface area contributed by atoms with Gasteiger partial charge >= 0.3 is 12.1 Å². The third-order valence-corrected chi connectivity index (χ3v) is 10.7. The molecule has 9 atom stereocenters. The lowest BCUT2D eigenvalue weighted by atomic mass is 9.70. The maximum absolute atomic E-state index is 16.1. The van der Waals surface area contributed by atoms with Crippen molar-refractivity contribution < 1.29 is 31.1 Å². The van der Waals surface area contributed by atoms with Crippen LogP contribution in [0.2, 0.25) is 0 Å². The van der Waals surface area contributed by atoms with E-state index in [2.05, 4.69) is 20.7 Å². The van der Waals surface area contributed by atoms with Gasteiger partial charge in [0.25, 0.3) is 0 Å². The normalized spacial score (nSPS) is 40.9. The Labute approximate surface area is 232 Å². The molecule has 1 amide bonds. The average Bonchev–Trinajstić information content (AvgIpc) is 3.46. The molecule has 7 unspecified atom stereocenters. The van der Waals surface area contributed by atoms with Crippen molar-refractivity contribution in [2.75, 3.05) is 46.9 Å². The van der Waals surface area contributed by atoms with Crippen molar-refractivity contribution in [3.63, 3.8) is 0 Å². The Morgan fingerprint density at radius 2 is 1.65 bits per heavy atom. The van der Waals surface area contributed by atoms with Gasteiger partial charge in [0.05, 0.1) is 12.6 Å². The Morgan fingerprint density at radius 3 is 2.27 bits per heavy atom. The molecule has 0 aromatic heterocycles. The van der Waals surface area contributed by atoms with E-state index in [-0.39, 0.29) is 50.5 Å². The molecular formula is C27H44F6N6O. The van der Waals surface area contributed by atoms with Crippen LogP contribution in [0, 0.1) is 23.7 Å². The summed E-state index contributed by atoms with van der Waals surface area (Å²) in [6.07, 6.45) is -4.42. The van der Waals surface area contributed by atoms with E-state index < -0.39 is 53.6 Å². The van der Waals surface area contributed by atoms with Crippen LogP contribution in [0.25, 0.3) is 0 Å².